The molecular formula is C8H13O9P. The van der Waals surface area contributed by atoms with E-state index >= 15 is 0 Å². The zero-order valence-corrected chi connectivity index (χ0v) is 10.1. The standard InChI is InChI=1S/C8H13O9P/c9-6(10)16-5-3-1-2-4-8(5,17-7(11)12)18(13,14)15/h5H,1-4H2,(H,9,10)(H,11,12)(H2,13,14,15). The average Bonchev–Trinajstić information content (AvgIpc) is 2.17. The fourth-order valence-corrected chi connectivity index (χ4v) is 3.23. The molecule has 0 aromatic heterocycles. The molecular weight excluding hydrogens is 271 g/mol. The quantitative estimate of drug-likeness (QED) is 0.442. The highest BCUT2D eigenvalue weighted by atomic mass is 31.2. The number of carboxylic acid groups (broad SMARTS) is 2. The molecule has 1 rings (SSSR count). The van der Waals surface area contributed by atoms with E-state index in [-0.39, 0.29) is 12.8 Å². The molecule has 1 aliphatic carbocycles. The first kappa shape index (κ1) is 14.7. The molecule has 2 unspecified atom stereocenters. The predicted molar refractivity (Wildman–Crippen MR) is 55.3 cm³/mol. The summed E-state index contributed by atoms with van der Waals surface area (Å²) in [6, 6.07) is 0. The predicted octanol–water partition coefficient (Wildman–Crippen LogP) is 1.19. The van der Waals surface area contributed by atoms with Crippen molar-refractivity contribution in [3.8, 4) is 0 Å². The van der Waals surface area contributed by atoms with Gasteiger partial charge in [-0.15, -0.1) is 0 Å². The van der Waals surface area contributed by atoms with Gasteiger partial charge in [-0.3, -0.25) is 4.57 Å². The monoisotopic (exact) mass is 284 g/mol. The molecule has 0 bridgehead atoms. The van der Waals surface area contributed by atoms with E-state index in [1.807, 2.05) is 0 Å². The van der Waals surface area contributed by atoms with E-state index in [1.165, 1.54) is 0 Å². The molecule has 1 aliphatic rings. The molecule has 0 aliphatic heterocycles. The average molecular weight is 284 g/mol. The Hall–Kier alpha value is -1.31. The lowest BCUT2D eigenvalue weighted by Gasteiger charge is -2.40. The van der Waals surface area contributed by atoms with Gasteiger partial charge in [0.25, 0.3) is 5.34 Å². The molecule has 104 valence electrons. The van der Waals surface area contributed by atoms with Crippen molar-refractivity contribution < 1.29 is 43.6 Å². The molecule has 1 fully saturated rings. The largest absolute Gasteiger partial charge is 0.507 e. The minimum absolute atomic E-state index is 0.00924. The first-order valence-electron chi connectivity index (χ1n) is 5.06. The molecule has 1 saturated carbocycles. The summed E-state index contributed by atoms with van der Waals surface area (Å²) in [6.07, 6.45) is -4.68. The van der Waals surface area contributed by atoms with Gasteiger partial charge in [0.15, 0.2) is 6.10 Å². The Morgan fingerprint density at radius 1 is 1.17 bits per heavy atom. The van der Waals surface area contributed by atoms with Crippen LogP contribution in [0.2, 0.25) is 0 Å². The molecule has 9 nitrogen and oxygen atoms in total. The molecule has 0 saturated heterocycles. The van der Waals surface area contributed by atoms with Crippen molar-refractivity contribution in [3.05, 3.63) is 0 Å². The second kappa shape index (κ2) is 5.13. The van der Waals surface area contributed by atoms with Crippen molar-refractivity contribution >= 4 is 19.9 Å². The molecule has 0 spiro atoms. The summed E-state index contributed by atoms with van der Waals surface area (Å²) in [5.41, 5.74) is 0. The van der Waals surface area contributed by atoms with Gasteiger partial charge in [-0.2, -0.15) is 0 Å². The van der Waals surface area contributed by atoms with E-state index in [9.17, 15) is 23.9 Å². The fraction of sp³-hybridized carbons (Fsp3) is 0.750. The number of carbonyl (C=O) groups is 2. The summed E-state index contributed by atoms with van der Waals surface area (Å²) >= 11 is 0. The molecule has 0 heterocycles. The summed E-state index contributed by atoms with van der Waals surface area (Å²) in [5.74, 6) is 0. The van der Waals surface area contributed by atoms with Gasteiger partial charge in [0.1, 0.15) is 0 Å². The van der Waals surface area contributed by atoms with Crippen LogP contribution in [0.4, 0.5) is 9.59 Å². The lowest BCUT2D eigenvalue weighted by Crippen LogP contribution is -2.50. The van der Waals surface area contributed by atoms with Crippen molar-refractivity contribution in [1.82, 2.24) is 0 Å². The molecule has 0 radical (unpaired) electrons. The van der Waals surface area contributed by atoms with Crippen LogP contribution in [0.3, 0.4) is 0 Å². The first-order valence-corrected chi connectivity index (χ1v) is 6.67. The molecule has 0 aromatic carbocycles. The van der Waals surface area contributed by atoms with Crippen molar-refractivity contribution in [3.63, 3.8) is 0 Å². The third-order valence-corrected chi connectivity index (χ3v) is 4.34. The number of rotatable bonds is 3. The first-order chi connectivity index (χ1) is 8.19. The minimum Gasteiger partial charge on any atom is -0.450 e. The normalized spacial score (nSPS) is 28.4. The molecule has 4 N–H and O–H groups in total. The van der Waals surface area contributed by atoms with Gasteiger partial charge >= 0.3 is 19.9 Å². The van der Waals surface area contributed by atoms with E-state index < -0.39 is 31.4 Å². The zero-order valence-electron chi connectivity index (χ0n) is 9.18. The van der Waals surface area contributed by atoms with Gasteiger partial charge < -0.3 is 29.5 Å². The number of hydrogen-bond acceptors (Lipinski definition) is 5. The summed E-state index contributed by atoms with van der Waals surface area (Å²) in [5, 5.41) is 14.6. The van der Waals surface area contributed by atoms with Crippen molar-refractivity contribution in [1.29, 1.82) is 0 Å². The highest BCUT2D eigenvalue weighted by Crippen LogP contribution is 2.59. The summed E-state index contributed by atoms with van der Waals surface area (Å²) in [4.78, 5) is 39.6. The summed E-state index contributed by atoms with van der Waals surface area (Å²) in [6.45, 7) is 0. The molecule has 2 atom stereocenters. The maximum absolute atomic E-state index is 11.5. The second-order valence-electron chi connectivity index (χ2n) is 3.87. The van der Waals surface area contributed by atoms with Crippen LogP contribution >= 0.6 is 7.60 Å². The van der Waals surface area contributed by atoms with Crippen LogP contribution < -0.4 is 0 Å². The Bertz CT molecular complexity index is 388. The maximum atomic E-state index is 11.5. The Morgan fingerprint density at radius 2 is 1.78 bits per heavy atom. The third kappa shape index (κ3) is 2.92. The lowest BCUT2D eigenvalue weighted by molar-refractivity contribution is -0.0915. The van der Waals surface area contributed by atoms with Gasteiger partial charge in [-0.25, -0.2) is 9.59 Å². The number of ether oxygens (including phenoxy) is 2. The van der Waals surface area contributed by atoms with Crippen LogP contribution in [-0.2, 0) is 14.0 Å². The van der Waals surface area contributed by atoms with Crippen LogP contribution in [-0.4, -0.2) is 43.8 Å². The van der Waals surface area contributed by atoms with Crippen LogP contribution in [0, 0.1) is 0 Å². The third-order valence-electron chi connectivity index (χ3n) is 2.75. The van der Waals surface area contributed by atoms with Crippen LogP contribution in [0.25, 0.3) is 0 Å². The van der Waals surface area contributed by atoms with E-state index in [0.717, 1.165) is 0 Å². The van der Waals surface area contributed by atoms with Crippen LogP contribution in [0.1, 0.15) is 25.7 Å². The molecule has 0 aromatic rings. The van der Waals surface area contributed by atoms with Crippen LogP contribution in [0.15, 0.2) is 0 Å². The Labute approximate surface area is 101 Å². The molecule has 18 heavy (non-hydrogen) atoms. The highest BCUT2D eigenvalue weighted by molar-refractivity contribution is 7.53. The molecule has 0 amide bonds. The maximum Gasteiger partial charge on any atom is 0.507 e. The molecule has 10 heteroatoms. The van der Waals surface area contributed by atoms with Crippen molar-refractivity contribution in [2.45, 2.75) is 37.1 Å². The van der Waals surface area contributed by atoms with Gasteiger partial charge in [-0.05, 0) is 19.3 Å². The topological polar surface area (TPSA) is 151 Å². The van der Waals surface area contributed by atoms with Crippen LogP contribution in [0.5, 0.6) is 0 Å². The van der Waals surface area contributed by atoms with Gasteiger partial charge in [0, 0.05) is 6.42 Å². The zero-order chi connectivity index (χ0) is 14.0. The summed E-state index contributed by atoms with van der Waals surface area (Å²) in [7, 11) is -5.03. The van der Waals surface area contributed by atoms with Gasteiger partial charge in [0.05, 0.1) is 0 Å². The van der Waals surface area contributed by atoms with Gasteiger partial charge in [0.2, 0.25) is 0 Å². The summed E-state index contributed by atoms with van der Waals surface area (Å²) < 4.78 is 20.2. The van der Waals surface area contributed by atoms with E-state index in [1.54, 1.807) is 0 Å². The Balaban J connectivity index is 3.13. The fourth-order valence-electron chi connectivity index (χ4n) is 2.03. The smallest absolute Gasteiger partial charge is 0.450 e. The van der Waals surface area contributed by atoms with E-state index in [2.05, 4.69) is 9.47 Å². The minimum atomic E-state index is -5.03. The Kier molecular flexibility index (Phi) is 4.20. The van der Waals surface area contributed by atoms with Crippen molar-refractivity contribution in [2.24, 2.45) is 0 Å². The Morgan fingerprint density at radius 3 is 2.22 bits per heavy atom. The second-order valence-corrected chi connectivity index (χ2v) is 5.72. The van der Waals surface area contributed by atoms with E-state index in [4.69, 9.17) is 10.2 Å². The van der Waals surface area contributed by atoms with Crippen molar-refractivity contribution in [2.75, 3.05) is 0 Å². The lowest BCUT2D eigenvalue weighted by atomic mass is 9.94. The number of hydrogen-bond donors (Lipinski definition) is 4. The van der Waals surface area contributed by atoms with Gasteiger partial charge in [-0.1, -0.05) is 0 Å². The SMILES string of the molecule is O=C(O)OC1CCCCC1(OC(=O)O)P(=O)(O)O. The highest BCUT2D eigenvalue weighted by Gasteiger charge is 2.59. The van der Waals surface area contributed by atoms with E-state index in [0.29, 0.717) is 12.8 Å².